The molecule has 0 aromatic carbocycles. The summed E-state index contributed by atoms with van der Waals surface area (Å²) in [7, 11) is 0. The van der Waals surface area contributed by atoms with Crippen LogP contribution in [0.2, 0.25) is 0 Å². The van der Waals surface area contributed by atoms with E-state index in [9.17, 15) is 4.79 Å². The summed E-state index contributed by atoms with van der Waals surface area (Å²) < 4.78 is 10.3. The summed E-state index contributed by atoms with van der Waals surface area (Å²) in [5.74, 6) is -0.881. The van der Waals surface area contributed by atoms with Crippen molar-refractivity contribution in [3.05, 3.63) is 60.3 Å². The van der Waals surface area contributed by atoms with E-state index in [0.29, 0.717) is 23.1 Å². The number of rotatable bonds is 3. The van der Waals surface area contributed by atoms with Crippen molar-refractivity contribution < 1.29 is 75.6 Å². The average Bonchev–Trinajstić information content (AvgIpc) is 3.21. The van der Waals surface area contributed by atoms with Crippen LogP contribution in [0.25, 0.3) is 22.2 Å². The minimum absolute atomic E-state index is 0. The van der Waals surface area contributed by atoms with Crippen molar-refractivity contribution in [1.82, 2.24) is 9.97 Å². The second kappa shape index (κ2) is 10.9. The van der Waals surface area contributed by atoms with Gasteiger partial charge in [0.05, 0.1) is 31.4 Å². The van der Waals surface area contributed by atoms with Crippen LogP contribution in [0.15, 0.2) is 58.0 Å². The van der Waals surface area contributed by atoms with Gasteiger partial charge in [-0.05, 0) is 24.3 Å². The molecule has 4 rings (SSSR count). The van der Waals surface area contributed by atoms with Gasteiger partial charge in [0.2, 0.25) is 0 Å². The predicted octanol–water partition coefficient (Wildman–Crippen LogP) is 0.176. The molecule has 9 heteroatoms. The summed E-state index contributed by atoms with van der Waals surface area (Å²) in [6, 6.07) is 9.21. The van der Waals surface area contributed by atoms with Gasteiger partial charge in [0, 0.05) is 23.5 Å². The Hall–Kier alpha value is -2.06. The Morgan fingerprint density at radius 3 is 2.07 bits per heavy atom. The number of nitrogens with zero attached hydrogens (tertiary/aromatic N) is 3. The summed E-state index contributed by atoms with van der Waals surface area (Å²) in [6.07, 6.45) is 6.63. The van der Waals surface area contributed by atoms with Crippen LogP contribution in [-0.4, -0.2) is 26.5 Å². The molecule has 0 saturated carbocycles. The number of aromatic nitrogens is 2. The molecule has 0 saturated heterocycles. The normalized spacial score (nSPS) is 9.44. The Morgan fingerprint density at radius 2 is 1.56 bits per heavy atom. The molecule has 0 amide bonds. The van der Waals surface area contributed by atoms with E-state index in [1.807, 2.05) is 12.1 Å². The van der Waals surface area contributed by atoms with Crippen LogP contribution in [0.5, 0.6) is 0 Å². The Kier molecular flexibility index (Phi) is 9.30. The van der Waals surface area contributed by atoms with E-state index in [2.05, 4.69) is 16.0 Å². The number of fused-ring (bicyclic) bond motifs is 2. The van der Waals surface area contributed by atoms with Gasteiger partial charge >= 0.3 is 57.4 Å². The quantitative estimate of drug-likeness (QED) is 0.487. The number of carboxylic acids is 1. The monoisotopic (exact) mass is 391 g/mol. The van der Waals surface area contributed by atoms with E-state index >= 15 is 0 Å². The molecule has 0 bridgehead atoms. The maximum Gasteiger partial charge on any atom is 1.00 e. The van der Waals surface area contributed by atoms with E-state index in [4.69, 9.17) is 19.2 Å². The second-order valence-corrected chi connectivity index (χ2v) is 5.13. The smallest absolute Gasteiger partial charge is 0.870 e. The summed E-state index contributed by atoms with van der Waals surface area (Å²) in [6.45, 7) is 0. The van der Waals surface area contributed by atoms with Gasteiger partial charge in [-0.1, -0.05) is 0 Å². The van der Waals surface area contributed by atoms with Crippen LogP contribution in [0.4, 0.5) is 0 Å². The third-order valence-corrected chi connectivity index (χ3v) is 3.42. The maximum absolute atomic E-state index is 10.4. The van der Waals surface area contributed by atoms with E-state index in [0.717, 1.165) is 16.7 Å². The van der Waals surface area contributed by atoms with Crippen LogP contribution in [-0.2, 0) is 17.6 Å². The number of furan rings is 2. The Labute approximate surface area is 196 Å². The molecule has 0 radical (unpaired) electrons. The number of hydrogen-bond donors (Lipinski definition) is 1. The minimum atomic E-state index is -0.881. The molecule has 2 N–H and O–H groups in total. The number of carbonyl (C=O) groups is 1. The molecule has 0 spiro atoms. The fourth-order valence-corrected chi connectivity index (χ4v) is 2.33. The second-order valence-electron chi connectivity index (χ2n) is 5.13. The molecular formula is C18H14KN3O5. The van der Waals surface area contributed by atoms with Gasteiger partial charge in [0.25, 0.3) is 0 Å². The zero-order valence-corrected chi connectivity index (χ0v) is 17.6. The first kappa shape index (κ1) is 23.0. The van der Waals surface area contributed by atoms with Gasteiger partial charge in [-0.25, -0.2) is 0 Å². The third kappa shape index (κ3) is 5.70. The molecule has 4 aromatic rings. The van der Waals surface area contributed by atoms with Gasteiger partial charge in [-0.15, -0.1) is 0 Å². The topological polar surface area (TPSA) is 143 Å². The molecule has 0 aliphatic carbocycles. The van der Waals surface area contributed by atoms with Crippen molar-refractivity contribution in [2.75, 3.05) is 0 Å². The molecule has 0 aliphatic heterocycles. The number of aliphatic carboxylic acids is 1. The maximum atomic E-state index is 10.4. The molecule has 0 fully saturated rings. The van der Waals surface area contributed by atoms with Gasteiger partial charge in [0.15, 0.2) is 11.2 Å². The van der Waals surface area contributed by atoms with Gasteiger partial charge < -0.3 is 19.4 Å². The van der Waals surface area contributed by atoms with Crippen LogP contribution < -0.4 is 51.4 Å². The molecule has 132 valence electrons. The van der Waals surface area contributed by atoms with Crippen molar-refractivity contribution in [2.45, 2.75) is 12.8 Å². The molecule has 8 nitrogen and oxygen atoms in total. The van der Waals surface area contributed by atoms with Crippen molar-refractivity contribution in [3.63, 3.8) is 0 Å². The first-order chi connectivity index (χ1) is 12.2. The van der Waals surface area contributed by atoms with Crippen molar-refractivity contribution in [2.24, 2.45) is 0 Å². The molecule has 0 aliphatic rings. The zero-order chi connectivity index (χ0) is 17.6. The predicted molar refractivity (Wildman–Crippen MR) is 90.6 cm³/mol. The third-order valence-electron chi connectivity index (χ3n) is 3.42. The Morgan fingerprint density at radius 1 is 1.04 bits per heavy atom. The van der Waals surface area contributed by atoms with Crippen molar-refractivity contribution >= 4 is 28.2 Å². The van der Waals surface area contributed by atoms with E-state index in [1.54, 1.807) is 30.8 Å². The Balaban J connectivity index is 0.000000252. The molecular weight excluding hydrogens is 377 g/mol. The van der Waals surface area contributed by atoms with Gasteiger partial charge in [-0.3, -0.25) is 14.8 Å². The summed E-state index contributed by atoms with van der Waals surface area (Å²) in [4.78, 5) is 18.6. The van der Waals surface area contributed by atoms with Crippen LogP contribution in [0.1, 0.15) is 11.1 Å². The average molecular weight is 391 g/mol. The minimum Gasteiger partial charge on any atom is -0.870 e. The van der Waals surface area contributed by atoms with Crippen LogP contribution in [0.3, 0.4) is 0 Å². The van der Waals surface area contributed by atoms with Gasteiger partial charge in [-0.2, -0.15) is 5.26 Å². The summed E-state index contributed by atoms with van der Waals surface area (Å²) in [5, 5.41) is 17.1. The molecule has 0 unspecified atom stereocenters. The van der Waals surface area contributed by atoms with Crippen LogP contribution >= 0.6 is 0 Å². The Bertz CT molecular complexity index is 1070. The first-order valence-electron chi connectivity index (χ1n) is 7.40. The molecule has 4 heterocycles. The van der Waals surface area contributed by atoms with Gasteiger partial charge in [0.1, 0.15) is 11.0 Å². The molecule has 4 aromatic heterocycles. The fraction of sp³-hybridized carbons (Fsp3) is 0.111. The summed E-state index contributed by atoms with van der Waals surface area (Å²) >= 11 is 0. The number of pyridine rings is 2. The van der Waals surface area contributed by atoms with E-state index in [-0.39, 0.29) is 63.3 Å². The zero-order valence-electron chi connectivity index (χ0n) is 14.5. The summed E-state index contributed by atoms with van der Waals surface area (Å²) in [5.41, 5.74) is 4.25. The van der Waals surface area contributed by atoms with E-state index < -0.39 is 5.97 Å². The number of carboxylic acid groups (broad SMARTS) is 1. The number of hydrogen-bond acceptors (Lipinski definition) is 7. The van der Waals surface area contributed by atoms with Crippen molar-refractivity contribution in [1.29, 1.82) is 5.26 Å². The number of nitriles is 1. The largest absolute Gasteiger partial charge is 1.00 e. The SMILES string of the molecule is N#CCc1coc2cccnc12.O=C(O)Cc1coc2cccnc12.[K+].[OH-]. The molecule has 27 heavy (non-hydrogen) atoms. The molecule has 0 atom stereocenters. The van der Waals surface area contributed by atoms with E-state index in [1.165, 1.54) is 6.26 Å². The van der Waals surface area contributed by atoms with Crippen LogP contribution in [0, 0.1) is 11.3 Å². The first-order valence-corrected chi connectivity index (χ1v) is 7.40. The van der Waals surface area contributed by atoms with Crippen molar-refractivity contribution in [3.8, 4) is 6.07 Å². The fourth-order valence-electron chi connectivity index (χ4n) is 2.33. The standard InChI is InChI=1S/C9H6N2O.C9H7NO3.K.H2O/c10-4-3-7-6-12-8-2-1-5-11-9(7)8;11-8(12)4-6-5-13-7-2-1-3-10-9(6)7;;/h1-2,5-6H,3H2;1-3,5H,4H2,(H,11,12);;1H2/q;;+1;/p-1.